The van der Waals surface area contributed by atoms with Gasteiger partial charge in [-0.05, 0) is 19.2 Å². The molecule has 0 aliphatic rings. The van der Waals surface area contributed by atoms with Gasteiger partial charge in [0.05, 0.1) is 10.5 Å². The van der Waals surface area contributed by atoms with Crippen molar-refractivity contribution in [2.75, 3.05) is 20.1 Å². The second-order valence-electron chi connectivity index (χ2n) is 4.73. The molecule has 0 aliphatic carbocycles. The van der Waals surface area contributed by atoms with Crippen molar-refractivity contribution in [2.24, 2.45) is 7.05 Å². The molecule has 1 heterocycles. The molecule has 1 amide bonds. The Kier molecular flexibility index (Phi) is 6.67. The summed E-state index contributed by atoms with van der Waals surface area (Å²) >= 11 is 0. The Balaban J connectivity index is 0.00000264. The number of hydrogen-bond acceptors (Lipinski definition) is 5. The van der Waals surface area contributed by atoms with Crippen LogP contribution in [0.3, 0.4) is 0 Å². The molecule has 0 aliphatic heterocycles. The molecule has 0 radical (unpaired) electrons. The summed E-state index contributed by atoms with van der Waals surface area (Å²) in [6, 6.07) is 5.97. The molecule has 23 heavy (non-hydrogen) atoms. The first-order chi connectivity index (χ1) is 10.5. The minimum Gasteiger partial charge on any atom is -0.351 e. The maximum Gasteiger partial charge on any atom is 0.269 e. The third-order valence-electron chi connectivity index (χ3n) is 3.09. The van der Waals surface area contributed by atoms with E-state index in [9.17, 15) is 14.9 Å². The molecule has 0 saturated carbocycles. The van der Waals surface area contributed by atoms with Gasteiger partial charge >= 0.3 is 0 Å². The number of nitrogens with one attached hydrogen (secondary N) is 2. The summed E-state index contributed by atoms with van der Waals surface area (Å²) in [5, 5.41) is 20.7. The lowest BCUT2D eigenvalue weighted by Gasteiger charge is -2.05. The van der Waals surface area contributed by atoms with Crippen molar-refractivity contribution in [3.8, 4) is 11.3 Å². The van der Waals surface area contributed by atoms with Crippen LogP contribution in [0.15, 0.2) is 30.5 Å². The molecule has 0 spiro atoms. The Labute approximate surface area is 139 Å². The van der Waals surface area contributed by atoms with Crippen LogP contribution in [0.2, 0.25) is 0 Å². The van der Waals surface area contributed by atoms with Gasteiger partial charge in [0.1, 0.15) is 5.69 Å². The molecule has 0 fully saturated rings. The normalized spacial score (nSPS) is 10.0. The lowest BCUT2D eigenvalue weighted by atomic mass is 10.1. The first kappa shape index (κ1) is 18.6. The third-order valence-corrected chi connectivity index (χ3v) is 3.09. The number of nitrogens with zero attached hydrogens (tertiary/aromatic N) is 3. The second kappa shape index (κ2) is 8.25. The van der Waals surface area contributed by atoms with Gasteiger partial charge in [-0.15, -0.1) is 12.4 Å². The van der Waals surface area contributed by atoms with E-state index < -0.39 is 4.92 Å². The van der Waals surface area contributed by atoms with Gasteiger partial charge in [0, 0.05) is 44.0 Å². The summed E-state index contributed by atoms with van der Waals surface area (Å²) in [5.74, 6) is -0.225. The number of nitro groups is 1. The van der Waals surface area contributed by atoms with Crippen molar-refractivity contribution in [1.82, 2.24) is 20.4 Å². The van der Waals surface area contributed by atoms with Crippen LogP contribution < -0.4 is 10.6 Å². The minimum atomic E-state index is -0.465. The fraction of sp³-hybridized carbons (Fsp3) is 0.286. The van der Waals surface area contributed by atoms with Crippen molar-refractivity contribution in [1.29, 1.82) is 0 Å². The Bertz CT molecular complexity index is 684. The van der Waals surface area contributed by atoms with E-state index in [2.05, 4.69) is 15.7 Å². The minimum absolute atomic E-state index is 0. The second-order valence-corrected chi connectivity index (χ2v) is 4.73. The molecule has 1 aromatic carbocycles. The van der Waals surface area contributed by atoms with Crippen LogP contribution in [0.5, 0.6) is 0 Å². The van der Waals surface area contributed by atoms with Gasteiger partial charge in [-0.2, -0.15) is 5.10 Å². The molecule has 0 unspecified atom stereocenters. The third kappa shape index (κ3) is 4.51. The highest BCUT2D eigenvalue weighted by atomic mass is 35.5. The number of aryl methyl sites for hydroxylation is 1. The van der Waals surface area contributed by atoms with E-state index in [1.54, 1.807) is 37.1 Å². The molecule has 2 rings (SSSR count). The Morgan fingerprint density at radius 3 is 2.52 bits per heavy atom. The maximum atomic E-state index is 12.2. The highest BCUT2D eigenvalue weighted by Gasteiger charge is 2.17. The van der Waals surface area contributed by atoms with Crippen molar-refractivity contribution in [3.63, 3.8) is 0 Å². The van der Waals surface area contributed by atoms with Crippen molar-refractivity contribution >= 4 is 24.0 Å². The summed E-state index contributed by atoms with van der Waals surface area (Å²) in [6.07, 6.45) is 1.63. The summed E-state index contributed by atoms with van der Waals surface area (Å²) < 4.78 is 1.55. The highest BCUT2D eigenvalue weighted by Crippen LogP contribution is 2.24. The van der Waals surface area contributed by atoms with Gasteiger partial charge in [0.15, 0.2) is 0 Å². The van der Waals surface area contributed by atoms with Gasteiger partial charge < -0.3 is 10.6 Å². The lowest BCUT2D eigenvalue weighted by Crippen LogP contribution is -2.30. The molecule has 0 bridgehead atoms. The number of rotatable bonds is 6. The number of non-ortho nitro benzene ring substituents is 1. The molecule has 0 saturated heterocycles. The number of likely N-dealkylation sites (N-methyl/N-ethyl adjacent to an activating group) is 1. The van der Waals surface area contributed by atoms with E-state index in [1.165, 1.54) is 12.1 Å². The zero-order chi connectivity index (χ0) is 16.1. The SMILES string of the molecule is CNCCNC(=O)c1cn(C)nc1-c1ccc([N+](=O)[O-])cc1.Cl. The predicted molar refractivity (Wildman–Crippen MR) is 88.8 cm³/mol. The molecule has 8 nitrogen and oxygen atoms in total. The number of halogens is 1. The molecule has 0 atom stereocenters. The van der Waals surface area contributed by atoms with Gasteiger partial charge in [-0.3, -0.25) is 19.6 Å². The number of aromatic nitrogens is 2. The quantitative estimate of drug-likeness (QED) is 0.470. The Hall–Kier alpha value is -2.45. The zero-order valence-corrected chi connectivity index (χ0v) is 13.6. The maximum absolute atomic E-state index is 12.2. The van der Waals surface area contributed by atoms with Crippen LogP contribution >= 0.6 is 12.4 Å². The number of carbonyl (C=O) groups excluding carboxylic acids is 1. The average molecular weight is 340 g/mol. The predicted octanol–water partition coefficient (Wildman–Crippen LogP) is 1.37. The van der Waals surface area contributed by atoms with Crippen LogP contribution in [0.4, 0.5) is 5.69 Å². The smallest absolute Gasteiger partial charge is 0.269 e. The topological polar surface area (TPSA) is 102 Å². The molecule has 124 valence electrons. The van der Waals surface area contributed by atoms with E-state index in [-0.39, 0.29) is 24.0 Å². The van der Waals surface area contributed by atoms with E-state index in [1.807, 2.05) is 0 Å². The number of hydrogen-bond donors (Lipinski definition) is 2. The fourth-order valence-corrected chi connectivity index (χ4v) is 2.01. The van der Waals surface area contributed by atoms with Gasteiger partial charge in [0.2, 0.25) is 0 Å². The van der Waals surface area contributed by atoms with Crippen LogP contribution in [-0.2, 0) is 7.05 Å². The summed E-state index contributed by atoms with van der Waals surface area (Å²) in [4.78, 5) is 22.4. The molecule has 1 aromatic heterocycles. The van der Waals surface area contributed by atoms with Crippen molar-refractivity contribution in [3.05, 3.63) is 46.1 Å². The number of carbonyl (C=O) groups is 1. The molecule has 2 aromatic rings. The van der Waals surface area contributed by atoms with E-state index in [0.717, 1.165) is 0 Å². The van der Waals surface area contributed by atoms with E-state index in [4.69, 9.17) is 0 Å². The van der Waals surface area contributed by atoms with Gasteiger partial charge in [-0.1, -0.05) is 0 Å². The van der Waals surface area contributed by atoms with E-state index >= 15 is 0 Å². The van der Waals surface area contributed by atoms with Crippen LogP contribution in [0.1, 0.15) is 10.4 Å². The molecule has 9 heteroatoms. The number of benzene rings is 1. The van der Waals surface area contributed by atoms with Crippen LogP contribution in [0, 0.1) is 10.1 Å². The molecular formula is C14H18ClN5O3. The van der Waals surface area contributed by atoms with Crippen LogP contribution in [0.25, 0.3) is 11.3 Å². The summed E-state index contributed by atoms with van der Waals surface area (Å²) in [7, 11) is 3.53. The number of amides is 1. The molecular weight excluding hydrogens is 322 g/mol. The zero-order valence-electron chi connectivity index (χ0n) is 12.8. The number of nitro benzene ring substituents is 1. The molecule has 2 N–H and O–H groups in total. The highest BCUT2D eigenvalue weighted by molar-refractivity contribution is 5.99. The largest absolute Gasteiger partial charge is 0.351 e. The van der Waals surface area contributed by atoms with E-state index in [0.29, 0.717) is 29.9 Å². The van der Waals surface area contributed by atoms with Crippen molar-refractivity contribution < 1.29 is 9.72 Å². The van der Waals surface area contributed by atoms with Crippen LogP contribution in [-0.4, -0.2) is 40.7 Å². The Morgan fingerprint density at radius 2 is 1.96 bits per heavy atom. The van der Waals surface area contributed by atoms with Gasteiger partial charge in [0.25, 0.3) is 11.6 Å². The van der Waals surface area contributed by atoms with Gasteiger partial charge in [-0.25, -0.2) is 0 Å². The lowest BCUT2D eigenvalue weighted by molar-refractivity contribution is -0.384. The monoisotopic (exact) mass is 339 g/mol. The standard InChI is InChI=1S/C14H17N5O3.ClH/c1-15-7-8-16-14(20)12-9-18(2)17-13(12)10-3-5-11(6-4-10)19(21)22;/h3-6,9,15H,7-8H2,1-2H3,(H,16,20);1H. The Morgan fingerprint density at radius 1 is 1.30 bits per heavy atom. The summed E-state index contributed by atoms with van der Waals surface area (Å²) in [5.41, 5.74) is 1.59. The van der Waals surface area contributed by atoms with Crippen molar-refractivity contribution in [2.45, 2.75) is 0 Å². The summed E-state index contributed by atoms with van der Waals surface area (Å²) in [6.45, 7) is 1.17. The average Bonchev–Trinajstić information content (AvgIpc) is 2.89. The first-order valence-corrected chi connectivity index (χ1v) is 6.74. The fourth-order valence-electron chi connectivity index (χ4n) is 2.01. The first-order valence-electron chi connectivity index (χ1n) is 6.74.